The predicted molar refractivity (Wildman–Crippen MR) is 103 cm³/mol. The molecule has 0 spiro atoms. The maximum absolute atomic E-state index is 12.8. The number of nitrogens with zero attached hydrogens (tertiary/aromatic N) is 4. The summed E-state index contributed by atoms with van der Waals surface area (Å²) in [5, 5.41) is 4.58. The molecule has 140 valence electrons. The SMILES string of the molecule is COc1ccc(CC(=O)N2CCC[C@H](c3ccnc4cc(C)nn34)C2)cc1. The van der Waals surface area contributed by atoms with Crippen LogP contribution in [0, 0.1) is 6.92 Å². The third-order valence-electron chi connectivity index (χ3n) is 5.22. The summed E-state index contributed by atoms with van der Waals surface area (Å²) in [6.07, 6.45) is 4.32. The maximum Gasteiger partial charge on any atom is 0.227 e. The zero-order valence-corrected chi connectivity index (χ0v) is 15.8. The summed E-state index contributed by atoms with van der Waals surface area (Å²) in [6, 6.07) is 11.7. The molecule has 1 saturated heterocycles. The molecule has 1 aliphatic rings. The average molecular weight is 364 g/mol. The highest BCUT2D eigenvalue weighted by Crippen LogP contribution is 2.27. The van der Waals surface area contributed by atoms with Gasteiger partial charge >= 0.3 is 0 Å². The van der Waals surface area contributed by atoms with Gasteiger partial charge in [0.25, 0.3) is 0 Å². The number of methoxy groups -OCH3 is 1. The van der Waals surface area contributed by atoms with Gasteiger partial charge in [0.15, 0.2) is 5.65 Å². The zero-order valence-electron chi connectivity index (χ0n) is 15.8. The summed E-state index contributed by atoms with van der Waals surface area (Å²) < 4.78 is 7.11. The second kappa shape index (κ2) is 7.39. The number of aromatic nitrogens is 3. The Kier molecular flexibility index (Phi) is 4.79. The van der Waals surface area contributed by atoms with Crippen molar-refractivity contribution < 1.29 is 9.53 Å². The lowest BCUT2D eigenvalue weighted by atomic mass is 9.94. The molecular weight excluding hydrogens is 340 g/mol. The second-order valence-electron chi connectivity index (χ2n) is 7.13. The third kappa shape index (κ3) is 3.65. The van der Waals surface area contributed by atoms with Gasteiger partial charge in [0, 0.05) is 31.3 Å². The number of ether oxygens (including phenoxy) is 1. The Hall–Kier alpha value is -2.89. The molecule has 1 aromatic carbocycles. The van der Waals surface area contributed by atoms with E-state index in [1.807, 2.05) is 58.9 Å². The molecule has 0 radical (unpaired) electrons. The number of hydrogen-bond acceptors (Lipinski definition) is 4. The molecule has 1 aliphatic heterocycles. The van der Waals surface area contributed by atoms with Crippen molar-refractivity contribution in [1.29, 1.82) is 0 Å². The number of hydrogen-bond donors (Lipinski definition) is 0. The van der Waals surface area contributed by atoms with Gasteiger partial charge in [0.1, 0.15) is 5.75 Å². The van der Waals surface area contributed by atoms with E-state index in [1.54, 1.807) is 7.11 Å². The van der Waals surface area contributed by atoms with E-state index in [-0.39, 0.29) is 11.8 Å². The van der Waals surface area contributed by atoms with Crippen molar-refractivity contribution in [2.45, 2.75) is 32.1 Å². The lowest BCUT2D eigenvalue weighted by Crippen LogP contribution is -2.40. The summed E-state index contributed by atoms with van der Waals surface area (Å²) in [5.41, 5.74) is 3.97. The van der Waals surface area contributed by atoms with Crippen LogP contribution in [0.2, 0.25) is 0 Å². The Morgan fingerprint density at radius 3 is 2.85 bits per heavy atom. The molecule has 0 N–H and O–H groups in total. The van der Waals surface area contributed by atoms with Gasteiger partial charge < -0.3 is 9.64 Å². The molecule has 2 aromatic heterocycles. The first kappa shape index (κ1) is 17.5. The summed E-state index contributed by atoms with van der Waals surface area (Å²) in [5.74, 6) is 1.26. The topological polar surface area (TPSA) is 59.7 Å². The number of rotatable bonds is 4. The molecule has 0 unspecified atom stereocenters. The minimum absolute atomic E-state index is 0.173. The summed E-state index contributed by atoms with van der Waals surface area (Å²) >= 11 is 0. The van der Waals surface area contributed by atoms with Gasteiger partial charge in [0.05, 0.1) is 24.9 Å². The summed E-state index contributed by atoms with van der Waals surface area (Å²) in [4.78, 5) is 19.2. The van der Waals surface area contributed by atoms with Gasteiger partial charge in [-0.1, -0.05) is 12.1 Å². The van der Waals surface area contributed by atoms with Crippen LogP contribution in [0.15, 0.2) is 42.6 Å². The zero-order chi connectivity index (χ0) is 18.8. The van der Waals surface area contributed by atoms with Crippen molar-refractivity contribution in [2.24, 2.45) is 0 Å². The van der Waals surface area contributed by atoms with E-state index in [9.17, 15) is 4.79 Å². The van der Waals surface area contributed by atoms with Crippen molar-refractivity contribution in [1.82, 2.24) is 19.5 Å². The summed E-state index contributed by atoms with van der Waals surface area (Å²) in [6.45, 7) is 3.52. The smallest absolute Gasteiger partial charge is 0.227 e. The summed E-state index contributed by atoms with van der Waals surface area (Å²) in [7, 11) is 1.64. The number of likely N-dealkylation sites (tertiary alicyclic amines) is 1. The molecule has 3 heterocycles. The highest BCUT2D eigenvalue weighted by molar-refractivity contribution is 5.79. The Labute approximate surface area is 158 Å². The highest BCUT2D eigenvalue weighted by Gasteiger charge is 2.26. The van der Waals surface area contributed by atoms with E-state index in [1.165, 1.54) is 0 Å². The standard InChI is InChI=1S/C21H24N4O2/c1-15-12-20-22-10-9-19(25(20)23-15)17-4-3-11-24(14-17)21(26)13-16-5-7-18(27-2)8-6-16/h5-10,12,17H,3-4,11,13-14H2,1-2H3/t17-/m0/s1. The normalized spacial score (nSPS) is 17.3. The Balaban J connectivity index is 1.49. The molecule has 3 aromatic rings. The fraction of sp³-hybridized carbons (Fsp3) is 0.381. The van der Waals surface area contributed by atoms with E-state index >= 15 is 0 Å². The third-order valence-corrected chi connectivity index (χ3v) is 5.22. The van der Waals surface area contributed by atoms with E-state index < -0.39 is 0 Å². The van der Waals surface area contributed by atoms with Crippen LogP contribution in [0.4, 0.5) is 0 Å². The first-order chi connectivity index (χ1) is 13.1. The Morgan fingerprint density at radius 1 is 1.26 bits per heavy atom. The Bertz CT molecular complexity index is 948. The van der Waals surface area contributed by atoms with Crippen molar-refractivity contribution in [2.75, 3.05) is 20.2 Å². The van der Waals surface area contributed by atoms with Crippen LogP contribution in [0.25, 0.3) is 5.65 Å². The van der Waals surface area contributed by atoms with Crippen LogP contribution in [0.3, 0.4) is 0 Å². The maximum atomic E-state index is 12.8. The fourth-order valence-electron chi connectivity index (χ4n) is 3.81. The molecule has 0 saturated carbocycles. The lowest BCUT2D eigenvalue weighted by Gasteiger charge is -2.33. The van der Waals surface area contributed by atoms with Crippen molar-refractivity contribution in [3.63, 3.8) is 0 Å². The van der Waals surface area contributed by atoms with E-state index in [0.29, 0.717) is 6.42 Å². The van der Waals surface area contributed by atoms with Gasteiger partial charge in [-0.3, -0.25) is 4.79 Å². The quantitative estimate of drug-likeness (QED) is 0.714. The van der Waals surface area contributed by atoms with Gasteiger partial charge in [0.2, 0.25) is 5.91 Å². The molecular formula is C21H24N4O2. The molecule has 0 aliphatic carbocycles. The van der Waals surface area contributed by atoms with Gasteiger partial charge in [-0.15, -0.1) is 0 Å². The van der Waals surface area contributed by atoms with Crippen molar-refractivity contribution in [3.8, 4) is 5.75 Å². The Morgan fingerprint density at radius 2 is 2.07 bits per heavy atom. The molecule has 27 heavy (non-hydrogen) atoms. The first-order valence-corrected chi connectivity index (χ1v) is 9.36. The van der Waals surface area contributed by atoms with Gasteiger partial charge in [-0.05, 0) is 43.5 Å². The largest absolute Gasteiger partial charge is 0.497 e. The minimum atomic E-state index is 0.173. The number of fused-ring (bicyclic) bond motifs is 1. The predicted octanol–water partition coefficient (Wildman–Crippen LogP) is 3.00. The van der Waals surface area contributed by atoms with Crippen LogP contribution in [0.5, 0.6) is 5.75 Å². The molecule has 1 atom stereocenters. The van der Waals surface area contributed by atoms with Crippen molar-refractivity contribution in [3.05, 3.63) is 59.5 Å². The average Bonchev–Trinajstić information content (AvgIpc) is 3.08. The molecule has 0 bridgehead atoms. The van der Waals surface area contributed by atoms with Crippen molar-refractivity contribution >= 4 is 11.6 Å². The van der Waals surface area contributed by atoms with Crippen LogP contribution in [-0.2, 0) is 11.2 Å². The highest BCUT2D eigenvalue weighted by atomic mass is 16.5. The van der Waals surface area contributed by atoms with Crippen LogP contribution in [0.1, 0.15) is 35.7 Å². The van der Waals surface area contributed by atoms with Crippen LogP contribution >= 0.6 is 0 Å². The van der Waals surface area contributed by atoms with Gasteiger partial charge in [-0.2, -0.15) is 5.10 Å². The first-order valence-electron chi connectivity index (χ1n) is 9.36. The van der Waals surface area contributed by atoms with E-state index in [4.69, 9.17) is 4.74 Å². The minimum Gasteiger partial charge on any atom is -0.497 e. The van der Waals surface area contributed by atoms with E-state index in [0.717, 1.165) is 54.3 Å². The fourth-order valence-corrected chi connectivity index (χ4v) is 3.81. The number of aryl methyl sites for hydroxylation is 1. The lowest BCUT2D eigenvalue weighted by molar-refractivity contribution is -0.131. The number of carbonyl (C=O) groups is 1. The molecule has 6 heteroatoms. The molecule has 1 fully saturated rings. The van der Waals surface area contributed by atoms with Crippen LogP contribution < -0.4 is 4.74 Å². The second-order valence-corrected chi connectivity index (χ2v) is 7.13. The van der Waals surface area contributed by atoms with E-state index in [2.05, 4.69) is 10.1 Å². The number of piperidine rings is 1. The molecule has 4 rings (SSSR count). The monoisotopic (exact) mass is 364 g/mol. The number of benzene rings is 1. The molecule has 6 nitrogen and oxygen atoms in total. The number of amides is 1. The van der Waals surface area contributed by atoms with Crippen LogP contribution in [-0.4, -0.2) is 45.6 Å². The number of carbonyl (C=O) groups excluding carboxylic acids is 1. The molecule has 1 amide bonds. The van der Waals surface area contributed by atoms with Gasteiger partial charge in [-0.25, -0.2) is 9.50 Å².